The Bertz CT molecular complexity index is 511. The average Bonchev–Trinajstić information content (AvgIpc) is 2.49. The molecule has 1 fully saturated rings. The van der Waals surface area contributed by atoms with E-state index in [1.165, 1.54) is 4.90 Å². The van der Waals surface area contributed by atoms with Crippen LogP contribution in [0, 0.1) is 0 Å². The van der Waals surface area contributed by atoms with Gasteiger partial charge in [-0.1, -0.05) is 0 Å². The summed E-state index contributed by atoms with van der Waals surface area (Å²) in [5, 5.41) is 6.42. The third kappa shape index (κ3) is 3.82. The minimum Gasteiger partial charge on any atom is -0.348 e. The molecule has 21 heavy (non-hydrogen) atoms. The summed E-state index contributed by atoms with van der Waals surface area (Å²) < 4.78 is 0. The third-order valence-electron chi connectivity index (χ3n) is 3.88. The molecule has 2 unspecified atom stereocenters. The molecule has 2 atom stereocenters. The van der Waals surface area contributed by atoms with Crippen molar-refractivity contribution in [3.05, 3.63) is 35.4 Å². The molecule has 2 amide bonds. The molecular formula is C16H23N3O2. The Balaban J connectivity index is 2.01. The monoisotopic (exact) mass is 289 g/mol. The maximum Gasteiger partial charge on any atom is 0.253 e. The normalized spacial score (nSPS) is 21.7. The molecule has 0 bridgehead atoms. The zero-order valence-electron chi connectivity index (χ0n) is 12.8. The Morgan fingerprint density at radius 2 is 1.81 bits per heavy atom. The lowest BCUT2D eigenvalue weighted by atomic mass is 9.99. The number of hydrogen-bond acceptors (Lipinski definition) is 3. The van der Waals surface area contributed by atoms with E-state index in [9.17, 15) is 9.59 Å². The molecular weight excluding hydrogens is 266 g/mol. The van der Waals surface area contributed by atoms with Crippen LogP contribution in [0.15, 0.2) is 24.3 Å². The van der Waals surface area contributed by atoms with Gasteiger partial charge in [-0.15, -0.1) is 0 Å². The van der Waals surface area contributed by atoms with Crippen LogP contribution in [0.4, 0.5) is 0 Å². The van der Waals surface area contributed by atoms with Gasteiger partial charge in [0.05, 0.1) is 0 Å². The maximum absolute atomic E-state index is 12.2. The van der Waals surface area contributed by atoms with Gasteiger partial charge in [0.15, 0.2) is 0 Å². The van der Waals surface area contributed by atoms with Gasteiger partial charge in [-0.2, -0.15) is 0 Å². The molecule has 0 aromatic heterocycles. The molecule has 0 aliphatic carbocycles. The van der Waals surface area contributed by atoms with E-state index in [4.69, 9.17) is 0 Å². The van der Waals surface area contributed by atoms with Gasteiger partial charge in [0.25, 0.3) is 11.8 Å². The first kappa shape index (κ1) is 15.5. The van der Waals surface area contributed by atoms with Crippen LogP contribution in [-0.2, 0) is 0 Å². The molecule has 1 saturated heterocycles. The van der Waals surface area contributed by atoms with Crippen LogP contribution in [0.25, 0.3) is 0 Å². The van der Waals surface area contributed by atoms with Gasteiger partial charge in [-0.05, 0) is 50.6 Å². The number of carbonyl (C=O) groups excluding carboxylic acids is 2. The second-order valence-electron chi connectivity index (χ2n) is 5.74. The van der Waals surface area contributed by atoms with Crippen molar-refractivity contribution in [2.75, 3.05) is 20.6 Å². The first-order valence-corrected chi connectivity index (χ1v) is 7.35. The smallest absolute Gasteiger partial charge is 0.253 e. The number of carbonyl (C=O) groups is 2. The zero-order valence-corrected chi connectivity index (χ0v) is 12.8. The van der Waals surface area contributed by atoms with Gasteiger partial charge in [0.1, 0.15) is 0 Å². The number of rotatable bonds is 3. The van der Waals surface area contributed by atoms with E-state index in [1.54, 1.807) is 38.4 Å². The van der Waals surface area contributed by atoms with E-state index < -0.39 is 0 Å². The summed E-state index contributed by atoms with van der Waals surface area (Å²) in [7, 11) is 3.42. The molecule has 0 spiro atoms. The second kappa shape index (κ2) is 6.72. The van der Waals surface area contributed by atoms with Crippen LogP contribution in [0.2, 0.25) is 0 Å². The second-order valence-corrected chi connectivity index (χ2v) is 5.74. The summed E-state index contributed by atoms with van der Waals surface area (Å²) in [4.78, 5) is 25.6. The highest BCUT2D eigenvalue weighted by atomic mass is 16.2. The number of benzene rings is 1. The predicted molar refractivity (Wildman–Crippen MR) is 82.4 cm³/mol. The molecule has 5 heteroatoms. The van der Waals surface area contributed by atoms with E-state index in [1.807, 2.05) is 0 Å². The quantitative estimate of drug-likeness (QED) is 0.880. The Morgan fingerprint density at radius 3 is 2.38 bits per heavy atom. The van der Waals surface area contributed by atoms with Gasteiger partial charge in [-0.25, -0.2) is 0 Å². The van der Waals surface area contributed by atoms with Gasteiger partial charge in [0.2, 0.25) is 0 Å². The standard InChI is InChI=1S/C16H23N3O2/c1-11-14(5-4-10-17-11)18-15(20)12-6-8-13(9-7-12)16(21)19(2)3/h6-9,11,14,17H,4-5,10H2,1-3H3,(H,18,20). The molecule has 1 aliphatic rings. The number of nitrogens with one attached hydrogen (secondary N) is 2. The van der Waals surface area contributed by atoms with Crippen molar-refractivity contribution < 1.29 is 9.59 Å². The van der Waals surface area contributed by atoms with Crippen LogP contribution in [0.3, 0.4) is 0 Å². The molecule has 2 rings (SSSR count). The predicted octanol–water partition coefficient (Wildman–Crippen LogP) is 1.26. The first-order valence-electron chi connectivity index (χ1n) is 7.35. The highest BCUT2D eigenvalue weighted by molar-refractivity contribution is 5.97. The number of piperidine rings is 1. The molecule has 5 nitrogen and oxygen atoms in total. The van der Waals surface area contributed by atoms with Crippen LogP contribution < -0.4 is 10.6 Å². The largest absolute Gasteiger partial charge is 0.348 e. The fourth-order valence-electron chi connectivity index (χ4n) is 2.52. The van der Waals surface area contributed by atoms with E-state index in [2.05, 4.69) is 17.6 Å². The number of amides is 2. The van der Waals surface area contributed by atoms with Crippen molar-refractivity contribution in [1.82, 2.24) is 15.5 Å². The molecule has 1 aromatic carbocycles. The van der Waals surface area contributed by atoms with Crippen molar-refractivity contribution in [3.8, 4) is 0 Å². The number of hydrogen-bond donors (Lipinski definition) is 2. The minimum atomic E-state index is -0.0839. The fraction of sp³-hybridized carbons (Fsp3) is 0.500. The summed E-state index contributed by atoms with van der Waals surface area (Å²) in [6.07, 6.45) is 2.07. The summed E-state index contributed by atoms with van der Waals surface area (Å²) in [5.74, 6) is -0.147. The SMILES string of the molecule is CC1NCCCC1NC(=O)c1ccc(C(=O)N(C)C)cc1. The van der Waals surface area contributed by atoms with Crippen molar-refractivity contribution in [2.24, 2.45) is 0 Å². The summed E-state index contributed by atoms with van der Waals surface area (Å²) in [6.45, 7) is 3.10. The van der Waals surface area contributed by atoms with Gasteiger partial charge in [-0.3, -0.25) is 9.59 Å². The van der Waals surface area contributed by atoms with Crippen molar-refractivity contribution >= 4 is 11.8 Å². The Morgan fingerprint density at radius 1 is 1.19 bits per heavy atom. The van der Waals surface area contributed by atoms with Crippen molar-refractivity contribution in [3.63, 3.8) is 0 Å². The highest BCUT2D eigenvalue weighted by Gasteiger charge is 2.22. The number of nitrogens with zero attached hydrogens (tertiary/aromatic N) is 1. The van der Waals surface area contributed by atoms with Gasteiger partial charge >= 0.3 is 0 Å². The topological polar surface area (TPSA) is 61.4 Å². The average molecular weight is 289 g/mol. The first-order chi connectivity index (χ1) is 9.99. The molecule has 1 aliphatic heterocycles. The third-order valence-corrected chi connectivity index (χ3v) is 3.88. The van der Waals surface area contributed by atoms with E-state index in [0.29, 0.717) is 11.1 Å². The molecule has 1 aromatic rings. The molecule has 114 valence electrons. The summed E-state index contributed by atoms with van der Waals surface area (Å²) in [5.41, 5.74) is 1.17. The Kier molecular flexibility index (Phi) is 4.96. The summed E-state index contributed by atoms with van der Waals surface area (Å²) in [6, 6.07) is 7.24. The minimum absolute atomic E-state index is 0.0629. The van der Waals surface area contributed by atoms with E-state index in [-0.39, 0.29) is 23.9 Å². The lowest BCUT2D eigenvalue weighted by Gasteiger charge is -2.30. The van der Waals surface area contributed by atoms with Crippen molar-refractivity contribution in [1.29, 1.82) is 0 Å². The molecule has 1 heterocycles. The van der Waals surface area contributed by atoms with E-state index >= 15 is 0 Å². The zero-order chi connectivity index (χ0) is 15.4. The van der Waals surface area contributed by atoms with Crippen LogP contribution >= 0.6 is 0 Å². The molecule has 0 radical (unpaired) electrons. The summed E-state index contributed by atoms with van der Waals surface area (Å²) >= 11 is 0. The van der Waals surface area contributed by atoms with Gasteiger partial charge in [0, 0.05) is 37.3 Å². The molecule has 2 N–H and O–H groups in total. The lowest BCUT2D eigenvalue weighted by Crippen LogP contribution is -2.51. The molecule has 0 saturated carbocycles. The maximum atomic E-state index is 12.2. The van der Waals surface area contributed by atoms with Crippen LogP contribution in [0.1, 0.15) is 40.5 Å². The van der Waals surface area contributed by atoms with E-state index in [0.717, 1.165) is 19.4 Å². The lowest BCUT2D eigenvalue weighted by molar-refractivity contribution is 0.0826. The fourth-order valence-corrected chi connectivity index (χ4v) is 2.52. The van der Waals surface area contributed by atoms with Crippen LogP contribution in [0.5, 0.6) is 0 Å². The van der Waals surface area contributed by atoms with Crippen molar-refractivity contribution in [2.45, 2.75) is 31.8 Å². The Hall–Kier alpha value is -1.88. The highest BCUT2D eigenvalue weighted by Crippen LogP contribution is 2.11. The van der Waals surface area contributed by atoms with Crippen LogP contribution in [-0.4, -0.2) is 49.4 Å². The Labute approximate surface area is 125 Å². The van der Waals surface area contributed by atoms with Gasteiger partial charge < -0.3 is 15.5 Å².